The summed E-state index contributed by atoms with van der Waals surface area (Å²) in [7, 11) is 1.55. The fourth-order valence-corrected chi connectivity index (χ4v) is 3.11. The molecule has 1 aromatic heterocycles. The second-order valence-electron chi connectivity index (χ2n) is 5.98. The van der Waals surface area contributed by atoms with E-state index in [1.165, 1.54) is 6.07 Å². The van der Waals surface area contributed by atoms with Gasteiger partial charge in [-0.15, -0.1) is 0 Å². The lowest BCUT2D eigenvalue weighted by atomic mass is 10.1. The van der Waals surface area contributed by atoms with Gasteiger partial charge in [0.2, 0.25) is 0 Å². The molecule has 1 aliphatic rings. The molecule has 1 aliphatic heterocycles. The molecule has 0 saturated carbocycles. The molecule has 6 nitrogen and oxygen atoms in total. The molecule has 128 valence electrons. The van der Waals surface area contributed by atoms with Crippen molar-refractivity contribution >= 4 is 16.9 Å². The van der Waals surface area contributed by atoms with Gasteiger partial charge in [-0.25, -0.2) is 4.79 Å². The van der Waals surface area contributed by atoms with Gasteiger partial charge in [0.25, 0.3) is 5.91 Å². The van der Waals surface area contributed by atoms with Crippen molar-refractivity contribution in [1.82, 2.24) is 9.80 Å². The summed E-state index contributed by atoms with van der Waals surface area (Å²) in [6, 6.07) is 6.44. The molecular formula is C18H22N2O4. The summed E-state index contributed by atoms with van der Waals surface area (Å²) in [6.07, 6.45) is 1.11. The van der Waals surface area contributed by atoms with Crippen molar-refractivity contribution in [2.75, 3.05) is 39.8 Å². The summed E-state index contributed by atoms with van der Waals surface area (Å²) in [5.41, 5.74) is 0.242. The van der Waals surface area contributed by atoms with Crippen molar-refractivity contribution < 1.29 is 13.9 Å². The molecule has 0 unspecified atom stereocenters. The zero-order valence-corrected chi connectivity index (χ0v) is 14.1. The van der Waals surface area contributed by atoms with E-state index < -0.39 is 5.63 Å². The van der Waals surface area contributed by atoms with Crippen LogP contribution < -0.4 is 10.4 Å². The van der Waals surface area contributed by atoms with Crippen LogP contribution in [0, 0.1) is 0 Å². The molecule has 1 aromatic carbocycles. The second-order valence-corrected chi connectivity index (χ2v) is 5.98. The van der Waals surface area contributed by atoms with Gasteiger partial charge in [0, 0.05) is 43.7 Å². The Kier molecular flexibility index (Phi) is 4.85. The molecule has 1 amide bonds. The third kappa shape index (κ3) is 3.28. The molecular weight excluding hydrogens is 308 g/mol. The molecule has 0 atom stereocenters. The number of hydrogen-bond donors (Lipinski definition) is 0. The number of nitrogens with zero attached hydrogens (tertiary/aromatic N) is 2. The lowest BCUT2D eigenvalue weighted by Crippen LogP contribution is -2.48. The number of benzene rings is 1. The first kappa shape index (κ1) is 16.5. The molecule has 2 heterocycles. The molecule has 0 spiro atoms. The third-order valence-corrected chi connectivity index (χ3v) is 4.38. The summed E-state index contributed by atoms with van der Waals surface area (Å²) in [4.78, 5) is 28.9. The lowest BCUT2D eigenvalue weighted by Gasteiger charge is -2.34. The number of methoxy groups -OCH3 is 1. The number of fused-ring (bicyclic) bond motifs is 1. The van der Waals surface area contributed by atoms with E-state index in [9.17, 15) is 9.59 Å². The number of carbonyl (C=O) groups is 1. The molecule has 1 fully saturated rings. The highest BCUT2D eigenvalue weighted by Gasteiger charge is 2.24. The minimum absolute atomic E-state index is 0.116. The Hall–Kier alpha value is -2.34. The highest BCUT2D eigenvalue weighted by Crippen LogP contribution is 2.23. The van der Waals surface area contributed by atoms with Gasteiger partial charge in [-0.2, -0.15) is 0 Å². The van der Waals surface area contributed by atoms with E-state index in [0.29, 0.717) is 35.4 Å². The monoisotopic (exact) mass is 330 g/mol. The zero-order chi connectivity index (χ0) is 17.1. The van der Waals surface area contributed by atoms with Crippen molar-refractivity contribution in [2.24, 2.45) is 0 Å². The number of rotatable bonds is 4. The van der Waals surface area contributed by atoms with Gasteiger partial charge < -0.3 is 14.1 Å². The highest BCUT2D eigenvalue weighted by molar-refractivity contribution is 6.05. The molecule has 0 N–H and O–H groups in total. The van der Waals surface area contributed by atoms with Crippen LogP contribution in [0.2, 0.25) is 0 Å². The van der Waals surface area contributed by atoms with Gasteiger partial charge in [-0.05, 0) is 25.1 Å². The minimum Gasteiger partial charge on any atom is -0.497 e. The van der Waals surface area contributed by atoms with E-state index in [-0.39, 0.29) is 5.91 Å². The second kappa shape index (κ2) is 7.05. The van der Waals surface area contributed by atoms with Crippen LogP contribution in [-0.4, -0.2) is 55.5 Å². The number of piperazine rings is 1. The molecule has 2 aromatic rings. The topological polar surface area (TPSA) is 63.0 Å². The van der Waals surface area contributed by atoms with Gasteiger partial charge in [0.1, 0.15) is 11.3 Å². The first-order chi connectivity index (χ1) is 11.6. The van der Waals surface area contributed by atoms with E-state index in [0.717, 1.165) is 26.1 Å². The minimum atomic E-state index is -0.524. The molecule has 6 heteroatoms. The lowest BCUT2D eigenvalue weighted by molar-refractivity contribution is 0.0639. The Labute approximate surface area is 140 Å². The molecule has 0 radical (unpaired) electrons. The maximum Gasteiger partial charge on any atom is 0.337 e. The largest absolute Gasteiger partial charge is 0.497 e. The molecule has 1 saturated heterocycles. The Morgan fingerprint density at radius 3 is 2.62 bits per heavy atom. The van der Waals surface area contributed by atoms with Crippen LogP contribution in [0.25, 0.3) is 11.0 Å². The van der Waals surface area contributed by atoms with Crippen molar-refractivity contribution in [2.45, 2.75) is 13.3 Å². The smallest absolute Gasteiger partial charge is 0.337 e. The Bertz CT molecular complexity index is 791. The maximum absolute atomic E-state index is 12.9. The van der Waals surface area contributed by atoms with Crippen LogP contribution in [0.4, 0.5) is 0 Å². The summed E-state index contributed by atoms with van der Waals surface area (Å²) in [6.45, 7) is 6.30. The van der Waals surface area contributed by atoms with Crippen LogP contribution in [0.3, 0.4) is 0 Å². The van der Waals surface area contributed by atoms with Crippen LogP contribution in [0.15, 0.2) is 33.5 Å². The maximum atomic E-state index is 12.9. The number of ether oxygens (including phenoxy) is 1. The number of carbonyl (C=O) groups excluding carboxylic acids is 1. The van der Waals surface area contributed by atoms with Crippen molar-refractivity contribution in [3.63, 3.8) is 0 Å². The molecule has 24 heavy (non-hydrogen) atoms. The Morgan fingerprint density at radius 1 is 1.21 bits per heavy atom. The van der Waals surface area contributed by atoms with Gasteiger partial charge in [0.15, 0.2) is 0 Å². The predicted molar refractivity (Wildman–Crippen MR) is 91.7 cm³/mol. The van der Waals surface area contributed by atoms with Gasteiger partial charge in [-0.3, -0.25) is 9.69 Å². The number of hydrogen-bond acceptors (Lipinski definition) is 5. The number of amides is 1. The summed E-state index contributed by atoms with van der Waals surface area (Å²) in [5.74, 6) is 0.470. The molecule has 3 rings (SSSR count). The Morgan fingerprint density at radius 2 is 1.96 bits per heavy atom. The van der Waals surface area contributed by atoms with E-state index in [2.05, 4.69) is 11.8 Å². The fraction of sp³-hybridized carbons (Fsp3) is 0.444. The Balaban J connectivity index is 1.89. The summed E-state index contributed by atoms with van der Waals surface area (Å²) >= 11 is 0. The quantitative estimate of drug-likeness (QED) is 0.802. The fourth-order valence-electron chi connectivity index (χ4n) is 3.11. The van der Waals surface area contributed by atoms with Crippen LogP contribution in [0.5, 0.6) is 5.75 Å². The highest BCUT2D eigenvalue weighted by atomic mass is 16.5. The average molecular weight is 330 g/mol. The van der Waals surface area contributed by atoms with Crippen molar-refractivity contribution in [3.05, 3.63) is 40.2 Å². The first-order valence-electron chi connectivity index (χ1n) is 8.26. The van der Waals surface area contributed by atoms with Crippen LogP contribution >= 0.6 is 0 Å². The van der Waals surface area contributed by atoms with Gasteiger partial charge >= 0.3 is 5.63 Å². The van der Waals surface area contributed by atoms with E-state index in [1.54, 1.807) is 25.3 Å². The van der Waals surface area contributed by atoms with Crippen molar-refractivity contribution in [1.29, 1.82) is 0 Å². The van der Waals surface area contributed by atoms with Crippen molar-refractivity contribution in [3.8, 4) is 5.75 Å². The normalized spacial score (nSPS) is 15.7. The SMILES string of the molecule is CCCN1CCN(C(=O)c2cc(=O)oc3cc(OC)ccc23)CC1. The average Bonchev–Trinajstić information content (AvgIpc) is 2.60. The van der Waals surface area contributed by atoms with Gasteiger partial charge in [-0.1, -0.05) is 6.92 Å². The van der Waals surface area contributed by atoms with Crippen LogP contribution in [-0.2, 0) is 0 Å². The van der Waals surface area contributed by atoms with E-state index in [1.807, 2.05) is 4.90 Å². The zero-order valence-electron chi connectivity index (χ0n) is 14.1. The summed E-state index contributed by atoms with van der Waals surface area (Å²) in [5, 5.41) is 0.636. The standard InChI is InChI=1S/C18H22N2O4/c1-3-6-19-7-9-20(10-8-19)18(22)15-12-17(21)24-16-11-13(23-2)4-5-14(15)16/h4-5,11-12H,3,6-10H2,1-2H3. The van der Waals surface area contributed by atoms with Gasteiger partial charge in [0.05, 0.1) is 12.7 Å². The predicted octanol–water partition coefficient (Wildman–Crippen LogP) is 1.97. The van der Waals surface area contributed by atoms with E-state index >= 15 is 0 Å². The first-order valence-corrected chi connectivity index (χ1v) is 8.26. The third-order valence-electron chi connectivity index (χ3n) is 4.38. The van der Waals surface area contributed by atoms with Crippen LogP contribution in [0.1, 0.15) is 23.7 Å². The molecule has 0 bridgehead atoms. The van der Waals surface area contributed by atoms with E-state index in [4.69, 9.17) is 9.15 Å². The molecule has 0 aliphatic carbocycles. The summed E-state index contributed by atoms with van der Waals surface area (Å²) < 4.78 is 10.4.